The van der Waals surface area contributed by atoms with Crippen molar-refractivity contribution in [2.45, 2.75) is 6.42 Å². The normalized spacial score (nSPS) is 10.2. The molecule has 0 unspecified atom stereocenters. The van der Waals surface area contributed by atoms with Crippen LogP contribution in [0.2, 0.25) is 0 Å². The van der Waals surface area contributed by atoms with E-state index in [9.17, 15) is 14.0 Å². The first-order valence-electron chi connectivity index (χ1n) is 6.03. The Balaban J connectivity index is 2.12. The lowest BCUT2D eigenvalue weighted by Gasteiger charge is -2.07. The number of nitrogens with one attached hydrogen (secondary N) is 1. The van der Waals surface area contributed by atoms with Gasteiger partial charge in [0, 0.05) is 5.69 Å². The zero-order chi connectivity index (χ0) is 15.4. The van der Waals surface area contributed by atoms with Gasteiger partial charge in [-0.25, -0.2) is 4.39 Å². The van der Waals surface area contributed by atoms with Crippen LogP contribution in [0.4, 0.5) is 10.1 Å². The van der Waals surface area contributed by atoms with Gasteiger partial charge in [0.2, 0.25) is 0 Å². The molecule has 0 atom stereocenters. The molecule has 4 nitrogen and oxygen atoms in total. The SMILES string of the molecule is O=C(O)Cc1ccc(NC(=O)c2cccc(Br)c2F)cc1. The van der Waals surface area contributed by atoms with Gasteiger partial charge in [0.05, 0.1) is 16.5 Å². The molecule has 1 amide bonds. The van der Waals surface area contributed by atoms with Crippen LogP contribution in [0.15, 0.2) is 46.9 Å². The van der Waals surface area contributed by atoms with Gasteiger partial charge in [0.1, 0.15) is 5.82 Å². The summed E-state index contributed by atoms with van der Waals surface area (Å²) in [6.07, 6.45) is -0.0888. The van der Waals surface area contributed by atoms with E-state index in [1.807, 2.05) is 0 Å². The number of hydrogen-bond donors (Lipinski definition) is 2. The fourth-order valence-corrected chi connectivity index (χ4v) is 2.12. The lowest BCUT2D eigenvalue weighted by atomic mass is 10.1. The van der Waals surface area contributed by atoms with Crippen LogP contribution in [0.3, 0.4) is 0 Å². The van der Waals surface area contributed by atoms with E-state index in [0.717, 1.165) is 0 Å². The number of rotatable bonds is 4. The average Bonchev–Trinajstić information content (AvgIpc) is 2.43. The molecule has 2 aromatic carbocycles. The first kappa shape index (κ1) is 15.2. The smallest absolute Gasteiger partial charge is 0.307 e. The van der Waals surface area contributed by atoms with Gasteiger partial charge in [0.25, 0.3) is 5.91 Å². The van der Waals surface area contributed by atoms with Gasteiger partial charge in [0.15, 0.2) is 0 Å². The summed E-state index contributed by atoms with van der Waals surface area (Å²) in [4.78, 5) is 22.6. The van der Waals surface area contributed by atoms with Crippen molar-refractivity contribution in [1.82, 2.24) is 0 Å². The number of carbonyl (C=O) groups excluding carboxylic acids is 1. The summed E-state index contributed by atoms with van der Waals surface area (Å²) in [6.45, 7) is 0. The molecule has 0 heterocycles. The molecular weight excluding hydrogens is 341 g/mol. The molecule has 0 aromatic heterocycles. The highest BCUT2D eigenvalue weighted by molar-refractivity contribution is 9.10. The van der Waals surface area contributed by atoms with E-state index < -0.39 is 17.7 Å². The van der Waals surface area contributed by atoms with Crippen molar-refractivity contribution in [2.24, 2.45) is 0 Å². The largest absolute Gasteiger partial charge is 0.481 e. The Morgan fingerprint density at radius 2 is 1.81 bits per heavy atom. The molecule has 0 aliphatic rings. The molecule has 0 bridgehead atoms. The number of amides is 1. The molecule has 6 heteroatoms. The second kappa shape index (κ2) is 6.49. The lowest BCUT2D eigenvalue weighted by Crippen LogP contribution is -2.14. The summed E-state index contributed by atoms with van der Waals surface area (Å²) in [5.41, 5.74) is 1.02. The lowest BCUT2D eigenvalue weighted by molar-refractivity contribution is -0.136. The monoisotopic (exact) mass is 351 g/mol. The maximum Gasteiger partial charge on any atom is 0.307 e. The Labute approximate surface area is 128 Å². The second-order valence-corrected chi connectivity index (χ2v) is 5.18. The molecule has 0 saturated carbocycles. The minimum Gasteiger partial charge on any atom is -0.481 e. The molecule has 2 N–H and O–H groups in total. The van der Waals surface area contributed by atoms with Gasteiger partial charge >= 0.3 is 5.97 Å². The molecule has 0 fully saturated rings. The minimum atomic E-state index is -0.928. The average molecular weight is 352 g/mol. The molecule has 0 spiro atoms. The van der Waals surface area contributed by atoms with Crippen LogP contribution in [0.25, 0.3) is 0 Å². The predicted molar refractivity (Wildman–Crippen MR) is 79.8 cm³/mol. The molecule has 0 aliphatic heterocycles. The number of hydrogen-bond acceptors (Lipinski definition) is 2. The van der Waals surface area contributed by atoms with E-state index >= 15 is 0 Å². The fourth-order valence-electron chi connectivity index (χ4n) is 1.76. The summed E-state index contributed by atoms with van der Waals surface area (Å²) in [6, 6.07) is 10.8. The van der Waals surface area contributed by atoms with Gasteiger partial charge in [-0.15, -0.1) is 0 Å². The standard InChI is InChI=1S/C15H11BrFNO3/c16-12-3-1-2-11(14(12)17)15(21)18-10-6-4-9(5-7-10)8-13(19)20/h1-7H,8H2,(H,18,21)(H,19,20). The van der Waals surface area contributed by atoms with Crippen molar-refractivity contribution in [3.63, 3.8) is 0 Å². The number of anilines is 1. The van der Waals surface area contributed by atoms with Crippen LogP contribution in [0, 0.1) is 5.82 Å². The van der Waals surface area contributed by atoms with E-state index in [1.165, 1.54) is 12.1 Å². The van der Waals surface area contributed by atoms with E-state index in [2.05, 4.69) is 21.2 Å². The highest BCUT2D eigenvalue weighted by atomic mass is 79.9. The maximum absolute atomic E-state index is 13.8. The van der Waals surface area contributed by atoms with Crippen LogP contribution in [-0.4, -0.2) is 17.0 Å². The molecule has 0 aliphatic carbocycles. The first-order valence-corrected chi connectivity index (χ1v) is 6.83. The van der Waals surface area contributed by atoms with Gasteiger partial charge in [-0.1, -0.05) is 18.2 Å². The zero-order valence-electron chi connectivity index (χ0n) is 10.8. The van der Waals surface area contributed by atoms with E-state index in [4.69, 9.17) is 5.11 Å². The molecule has 2 aromatic rings. The van der Waals surface area contributed by atoms with Gasteiger partial charge in [-0.05, 0) is 45.8 Å². The van der Waals surface area contributed by atoms with Crippen molar-refractivity contribution in [3.05, 3.63) is 63.9 Å². The summed E-state index contributed by atoms with van der Waals surface area (Å²) in [5.74, 6) is -2.12. The highest BCUT2D eigenvalue weighted by Crippen LogP contribution is 2.20. The quantitative estimate of drug-likeness (QED) is 0.886. The Morgan fingerprint density at radius 3 is 2.43 bits per heavy atom. The third-order valence-electron chi connectivity index (χ3n) is 2.76. The van der Waals surface area contributed by atoms with Crippen molar-refractivity contribution >= 4 is 33.5 Å². The zero-order valence-corrected chi connectivity index (χ0v) is 12.4. The Kier molecular flexibility index (Phi) is 4.70. The van der Waals surface area contributed by atoms with E-state index in [1.54, 1.807) is 30.3 Å². The second-order valence-electron chi connectivity index (χ2n) is 4.32. The number of carboxylic acid groups (broad SMARTS) is 1. The summed E-state index contributed by atoms with van der Waals surface area (Å²) in [7, 11) is 0. The van der Waals surface area contributed by atoms with Crippen molar-refractivity contribution in [1.29, 1.82) is 0 Å². The van der Waals surface area contributed by atoms with Crippen molar-refractivity contribution in [3.8, 4) is 0 Å². The van der Waals surface area contributed by atoms with Crippen LogP contribution < -0.4 is 5.32 Å². The Bertz CT molecular complexity index is 686. The molecule has 0 saturated heterocycles. The van der Waals surface area contributed by atoms with Crippen LogP contribution in [0.5, 0.6) is 0 Å². The topological polar surface area (TPSA) is 66.4 Å². The number of benzene rings is 2. The number of aliphatic carboxylic acids is 1. The van der Waals surface area contributed by atoms with E-state index in [0.29, 0.717) is 11.3 Å². The molecule has 2 rings (SSSR count). The molecule has 0 radical (unpaired) electrons. The molecule has 108 valence electrons. The third-order valence-corrected chi connectivity index (χ3v) is 3.38. The Hall–Kier alpha value is -2.21. The minimum absolute atomic E-state index is 0.0704. The van der Waals surface area contributed by atoms with Gasteiger partial charge < -0.3 is 10.4 Å². The third kappa shape index (κ3) is 3.88. The van der Waals surface area contributed by atoms with Gasteiger partial charge in [-0.3, -0.25) is 9.59 Å². The van der Waals surface area contributed by atoms with Crippen LogP contribution in [-0.2, 0) is 11.2 Å². The maximum atomic E-state index is 13.8. The number of halogens is 2. The summed E-state index contributed by atoms with van der Waals surface area (Å²) < 4.78 is 14.0. The van der Waals surface area contributed by atoms with Crippen molar-refractivity contribution < 1.29 is 19.1 Å². The highest BCUT2D eigenvalue weighted by Gasteiger charge is 2.14. The predicted octanol–water partition coefficient (Wildman–Crippen LogP) is 3.47. The number of carboxylic acids is 1. The van der Waals surface area contributed by atoms with Crippen LogP contribution in [0.1, 0.15) is 15.9 Å². The van der Waals surface area contributed by atoms with Crippen molar-refractivity contribution in [2.75, 3.05) is 5.32 Å². The molecular formula is C15H11BrFNO3. The molecule has 21 heavy (non-hydrogen) atoms. The number of carbonyl (C=O) groups is 2. The summed E-state index contributed by atoms with van der Waals surface area (Å²) >= 11 is 3.02. The van der Waals surface area contributed by atoms with Gasteiger partial charge in [-0.2, -0.15) is 0 Å². The summed E-state index contributed by atoms with van der Waals surface area (Å²) in [5, 5.41) is 11.2. The Morgan fingerprint density at radius 1 is 1.14 bits per heavy atom. The van der Waals surface area contributed by atoms with Crippen LogP contribution >= 0.6 is 15.9 Å². The fraction of sp³-hybridized carbons (Fsp3) is 0.0667. The van der Waals surface area contributed by atoms with E-state index in [-0.39, 0.29) is 16.5 Å². The first-order chi connectivity index (χ1) is 9.97.